The summed E-state index contributed by atoms with van der Waals surface area (Å²) in [5.41, 5.74) is 13.4. The second-order valence-electron chi connectivity index (χ2n) is 14.0. The highest BCUT2D eigenvalue weighted by Crippen LogP contribution is 2.40. The van der Waals surface area contributed by atoms with E-state index in [1.807, 2.05) is 42.5 Å². The maximum atomic E-state index is 9.82. The van der Waals surface area contributed by atoms with Crippen molar-refractivity contribution in [3.8, 4) is 45.8 Å². The minimum absolute atomic E-state index is 0.628. The normalized spacial score (nSPS) is 11.6. The Kier molecular flexibility index (Phi) is 6.61. The van der Waals surface area contributed by atoms with Crippen molar-refractivity contribution in [2.24, 2.45) is 0 Å². The maximum Gasteiger partial charge on any atom is 0.143 e. The van der Waals surface area contributed by atoms with Crippen LogP contribution in [0, 0.1) is 22.7 Å². The molecule has 5 heteroatoms. The largest absolute Gasteiger partial charge is 0.455 e. The third kappa shape index (κ3) is 4.64. The van der Waals surface area contributed by atoms with Crippen LogP contribution in [0.4, 0.5) is 0 Å². The van der Waals surface area contributed by atoms with Gasteiger partial charge in [-0.15, -0.1) is 0 Å². The first kappa shape index (κ1) is 30.7. The molecule has 0 radical (unpaired) electrons. The fourth-order valence-electron chi connectivity index (χ4n) is 8.50. The lowest BCUT2D eigenvalue weighted by molar-refractivity contribution is 0.670. The predicted molar refractivity (Wildman–Crippen MR) is 223 cm³/mol. The fourth-order valence-corrected chi connectivity index (χ4v) is 8.50. The molecule has 0 saturated carbocycles. The minimum atomic E-state index is 0.628. The van der Waals surface area contributed by atoms with Gasteiger partial charge in [-0.2, -0.15) is 10.5 Å². The Balaban J connectivity index is 1.20. The van der Waals surface area contributed by atoms with Crippen molar-refractivity contribution in [3.05, 3.63) is 181 Å². The zero-order chi connectivity index (χ0) is 36.6. The molecule has 0 saturated heterocycles. The lowest BCUT2D eigenvalue weighted by Crippen LogP contribution is -2.00. The molecule has 0 aliphatic carbocycles. The lowest BCUT2D eigenvalue weighted by atomic mass is 9.97. The van der Waals surface area contributed by atoms with Crippen LogP contribution in [0.5, 0.6) is 0 Å². The summed E-state index contributed by atoms with van der Waals surface area (Å²) in [4.78, 5) is 0. The molecule has 0 fully saturated rings. The molecule has 0 amide bonds. The van der Waals surface area contributed by atoms with Gasteiger partial charge in [-0.25, -0.2) is 0 Å². The number of nitrogens with zero attached hydrogens (tertiary/aromatic N) is 4. The van der Waals surface area contributed by atoms with Gasteiger partial charge in [0.25, 0.3) is 0 Å². The number of fused-ring (bicyclic) bond motifs is 9. The van der Waals surface area contributed by atoms with Gasteiger partial charge < -0.3 is 13.6 Å². The number of nitriles is 2. The van der Waals surface area contributed by atoms with Crippen molar-refractivity contribution in [3.63, 3.8) is 0 Å². The second kappa shape index (κ2) is 11.8. The summed E-state index contributed by atoms with van der Waals surface area (Å²) in [5, 5.41) is 26.1. The van der Waals surface area contributed by atoms with Crippen LogP contribution in [0.15, 0.2) is 174 Å². The van der Waals surface area contributed by atoms with E-state index in [1.165, 1.54) is 0 Å². The highest BCUT2D eigenvalue weighted by atomic mass is 16.3. The highest BCUT2D eigenvalue weighted by molar-refractivity contribution is 6.12. The summed E-state index contributed by atoms with van der Waals surface area (Å²) < 4.78 is 11.1. The molecule has 0 unspecified atom stereocenters. The van der Waals surface area contributed by atoms with E-state index < -0.39 is 0 Å². The van der Waals surface area contributed by atoms with Gasteiger partial charge in [0.15, 0.2) is 0 Å². The molecular formula is C50H28N4O. The Morgan fingerprint density at radius 1 is 0.382 bits per heavy atom. The van der Waals surface area contributed by atoms with Gasteiger partial charge in [0.05, 0.1) is 45.3 Å². The van der Waals surface area contributed by atoms with E-state index in [4.69, 9.17) is 4.42 Å². The van der Waals surface area contributed by atoms with Crippen LogP contribution in [0.25, 0.3) is 99.2 Å². The molecule has 5 nitrogen and oxygen atoms in total. The minimum Gasteiger partial charge on any atom is -0.455 e. The van der Waals surface area contributed by atoms with Crippen LogP contribution in [-0.4, -0.2) is 9.13 Å². The third-order valence-corrected chi connectivity index (χ3v) is 10.9. The van der Waals surface area contributed by atoms with E-state index in [0.29, 0.717) is 11.1 Å². The molecule has 11 aromatic rings. The van der Waals surface area contributed by atoms with Crippen molar-refractivity contribution < 1.29 is 4.42 Å². The molecule has 254 valence electrons. The number of para-hydroxylation sites is 4. The Bertz CT molecular complexity index is 3320. The molecule has 0 spiro atoms. The van der Waals surface area contributed by atoms with Crippen LogP contribution in [-0.2, 0) is 0 Å². The van der Waals surface area contributed by atoms with Crippen LogP contribution >= 0.6 is 0 Å². The van der Waals surface area contributed by atoms with Gasteiger partial charge in [-0.3, -0.25) is 0 Å². The molecule has 0 atom stereocenters. The summed E-state index contributed by atoms with van der Waals surface area (Å²) in [6, 6.07) is 63.3. The van der Waals surface area contributed by atoms with E-state index >= 15 is 0 Å². The van der Waals surface area contributed by atoms with Gasteiger partial charge in [0, 0.05) is 49.3 Å². The van der Waals surface area contributed by atoms with Crippen molar-refractivity contribution >= 4 is 65.6 Å². The molecule has 55 heavy (non-hydrogen) atoms. The molecule has 11 rings (SSSR count). The monoisotopic (exact) mass is 700 g/mol. The number of rotatable bonds is 4. The molecule has 3 aromatic heterocycles. The van der Waals surface area contributed by atoms with Crippen molar-refractivity contribution in [2.75, 3.05) is 0 Å². The van der Waals surface area contributed by atoms with Crippen molar-refractivity contribution in [1.82, 2.24) is 9.13 Å². The smallest absolute Gasteiger partial charge is 0.143 e. The first-order valence-electron chi connectivity index (χ1n) is 18.2. The molecule has 3 heterocycles. The first-order valence-corrected chi connectivity index (χ1v) is 18.2. The molecule has 8 aromatic carbocycles. The predicted octanol–water partition coefficient (Wildman–Crippen LogP) is 12.9. The van der Waals surface area contributed by atoms with Gasteiger partial charge >= 0.3 is 0 Å². The zero-order valence-electron chi connectivity index (χ0n) is 29.4. The first-order chi connectivity index (χ1) is 27.2. The SMILES string of the molecule is N#Cc1ccc2c(c1)c1ccccc1n2-c1cc(-c2cccc(-c3cccc4c3oc3ccccc34)c2)cc(-n2c3ccccc3c3cc(C#N)ccc32)c1. The third-order valence-electron chi connectivity index (χ3n) is 10.9. The molecule has 0 N–H and O–H groups in total. The van der Waals surface area contributed by atoms with E-state index in [9.17, 15) is 10.5 Å². The van der Waals surface area contributed by atoms with E-state index in [2.05, 4.69) is 149 Å². The quantitative estimate of drug-likeness (QED) is 0.183. The maximum absolute atomic E-state index is 9.82. The topological polar surface area (TPSA) is 70.6 Å². The van der Waals surface area contributed by atoms with Gasteiger partial charge in [0.2, 0.25) is 0 Å². The van der Waals surface area contributed by atoms with Crippen LogP contribution in [0.2, 0.25) is 0 Å². The standard InChI is InChI=1S/C50H28N4O/c51-29-31-19-21-47-43(23-31)39-11-1-4-16-45(39)53(47)36-26-35(27-37(28-36)54-46-17-5-2-12-40(46)44-24-32(30-52)20-22-48(44)54)33-9-7-10-34(25-33)38-14-8-15-42-41-13-3-6-18-49(41)55-50(38)42/h1-28H. The van der Waals surface area contributed by atoms with Gasteiger partial charge in [-0.1, -0.05) is 91.0 Å². The number of hydrogen-bond acceptors (Lipinski definition) is 3. The molecule has 0 aliphatic rings. The highest BCUT2D eigenvalue weighted by Gasteiger charge is 2.19. The zero-order valence-corrected chi connectivity index (χ0v) is 29.4. The number of furan rings is 1. The molecule has 0 bridgehead atoms. The lowest BCUT2D eigenvalue weighted by Gasteiger charge is -2.16. The van der Waals surface area contributed by atoms with Gasteiger partial charge in [0.1, 0.15) is 11.2 Å². The van der Waals surface area contributed by atoms with Crippen molar-refractivity contribution in [1.29, 1.82) is 10.5 Å². The average Bonchev–Trinajstić information content (AvgIpc) is 3.91. The van der Waals surface area contributed by atoms with Crippen LogP contribution in [0.1, 0.15) is 11.1 Å². The molecule has 0 aliphatic heterocycles. The van der Waals surface area contributed by atoms with Crippen LogP contribution in [0.3, 0.4) is 0 Å². The Labute approximate surface area is 315 Å². The number of hydrogen-bond donors (Lipinski definition) is 0. The Morgan fingerprint density at radius 3 is 1.55 bits per heavy atom. The molecular weight excluding hydrogens is 673 g/mol. The summed E-state index contributed by atoms with van der Waals surface area (Å²) in [6.07, 6.45) is 0. The summed E-state index contributed by atoms with van der Waals surface area (Å²) in [7, 11) is 0. The van der Waals surface area contributed by atoms with Crippen molar-refractivity contribution in [2.45, 2.75) is 0 Å². The van der Waals surface area contributed by atoms with Crippen LogP contribution < -0.4 is 0 Å². The summed E-state index contributed by atoms with van der Waals surface area (Å²) >= 11 is 0. The summed E-state index contributed by atoms with van der Waals surface area (Å²) in [6.45, 7) is 0. The average molecular weight is 701 g/mol. The number of benzene rings is 8. The Morgan fingerprint density at radius 2 is 0.909 bits per heavy atom. The fraction of sp³-hybridized carbons (Fsp3) is 0. The Hall–Kier alpha value is -7.86. The van der Waals surface area contributed by atoms with E-state index in [1.54, 1.807) is 0 Å². The second-order valence-corrected chi connectivity index (χ2v) is 14.0. The number of aromatic nitrogens is 2. The van der Waals surface area contributed by atoms with E-state index in [0.717, 1.165) is 99.2 Å². The van der Waals surface area contributed by atoms with E-state index in [-0.39, 0.29) is 0 Å². The summed E-state index contributed by atoms with van der Waals surface area (Å²) in [5.74, 6) is 0. The van der Waals surface area contributed by atoms with Gasteiger partial charge in [-0.05, 0) is 95.6 Å².